The average molecular weight is 181 g/mol. The normalized spacial score (nSPS) is 10.2. The highest BCUT2D eigenvalue weighted by Crippen LogP contribution is 1.96. The predicted octanol–water partition coefficient (Wildman–Crippen LogP) is 2.43. The van der Waals surface area contributed by atoms with Gasteiger partial charge in [0.15, 0.2) is 0 Å². The van der Waals surface area contributed by atoms with E-state index in [0.717, 1.165) is 32.2 Å². The van der Waals surface area contributed by atoms with Crippen LogP contribution in [0.3, 0.4) is 0 Å². The third kappa shape index (κ3) is 8.86. The van der Waals surface area contributed by atoms with E-state index in [9.17, 15) is 4.79 Å². The molecular formula is C11H19NO. The summed E-state index contributed by atoms with van der Waals surface area (Å²) in [4.78, 5) is 10.7. The molecule has 0 aliphatic carbocycles. The van der Waals surface area contributed by atoms with Gasteiger partial charge in [-0.2, -0.15) is 0 Å². The largest absolute Gasteiger partial charge is 0.353 e. The summed E-state index contributed by atoms with van der Waals surface area (Å²) in [6.07, 6.45) is 10.0. The van der Waals surface area contributed by atoms with Crippen LogP contribution in [-0.4, -0.2) is 12.5 Å². The van der Waals surface area contributed by atoms with Crippen LogP contribution in [0.25, 0.3) is 0 Å². The zero-order valence-corrected chi connectivity index (χ0v) is 8.38. The fourth-order valence-corrected chi connectivity index (χ4v) is 0.955. The zero-order chi connectivity index (χ0) is 9.94. The smallest absolute Gasteiger partial charge is 0.243 e. The molecule has 1 amide bonds. The third-order valence-corrected chi connectivity index (χ3v) is 1.68. The molecule has 13 heavy (non-hydrogen) atoms. The molecule has 0 aliphatic rings. The van der Waals surface area contributed by atoms with Crippen molar-refractivity contribution in [1.29, 1.82) is 0 Å². The van der Waals surface area contributed by atoms with Crippen molar-refractivity contribution in [3.63, 3.8) is 0 Å². The van der Waals surface area contributed by atoms with Gasteiger partial charge in [0.2, 0.25) is 5.91 Å². The second-order valence-corrected chi connectivity index (χ2v) is 2.87. The summed E-state index contributed by atoms with van der Waals surface area (Å²) < 4.78 is 0. The minimum atomic E-state index is -0.0795. The first-order valence-corrected chi connectivity index (χ1v) is 4.86. The topological polar surface area (TPSA) is 29.1 Å². The van der Waals surface area contributed by atoms with Crippen molar-refractivity contribution >= 4 is 5.91 Å². The van der Waals surface area contributed by atoms with Crippen LogP contribution >= 0.6 is 0 Å². The van der Waals surface area contributed by atoms with Crippen molar-refractivity contribution in [1.82, 2.24) is 5.32 Å². The number of rotatable bonds is 7. The molecule has 0 atom stereocenters. The van der Waals surface area contributed by atoms with Crippen molar-refractivity contribution < 1.29 is 4.79 Å². The molecule has 0 unspecified atom stereocenters. The Bertz CT molecular complexity index is 173. The molecule has 0 rings (SSSR count). The number of hydrogen-bond acceptors (Lipinski definition) is 1. The summed E-state index contributed by atoms with van der Waals surface area (Å²) in [6, 6.07) is 0. The first-order valence-electron chi connectivity index (χ1n) is 4.86. The first kappa shape index (κ1) is 11.9. The van der Waals surface area contributed by atoms with Gasteiger partial charge in [0.05, 0.1) is 0 Å². The highest BCUT2D eigenvalue weighted by molar-refractivity contribution is 5.86. The minimum Gasteiger partial charge on any atom is -0.353 e. The Labute approximate surface area is 80.7 Å². The van der Waals surface area contributed by atoms with Gasteiger partial charge < -0.3 is 5.32 Å². The van der Waals surface area contributed by atoms with Gasteiger partial charge in [0, 0.05) is 6.54 Å². The van der Waals surface area contributed by atoms with Crippen molar-refractivity contribution in [2.45, 2.75) is 32.6 Å². The van der Waals surface area contributed by atoms with Crippen LogP contribution < -0.4 is 5.32 Å². The van der Waals surface area contributed by atoms with E-state index in [1.165, 1.54) is 6.08 Å². The number of unbranched alkanes of at least 4 members (excludes halogenated alkanes) is 2. The fourth-order valence-electron chi connectivity index (χ4n) is 0.955. The number of nitrogens with one attached hydrogen (secondary N) is 1. The molecular weight excluding hydrogens is 162 g/mol. The van der Waals surface area contributed by atoms with E-state index in [2.05, 4.69) is 31.0 Å². The van der Waals surface area contributed by atoms with Gasteiger partial charge in [-0.25, -0.2) is 0 Å². The maximum absolute atomic E-state index is 10.7. The van der Waals surface area contributed by atoms with Gasteiger partial charge in [-0.15, -0.1) is 0 Å². The molecule has 0 aliphatic heterocycles. The number of carbonyl (C=O) groups is 1. The predicted molar refractivity (Wildman–Crippen MR) is 56.5 cm³/mol. The molecule has 74 valence electrons. The summed E-state index contributed by atoms with van der Waals surface area (Å²) in [6.45, 7) is 6.26. The lowest BCUT2D eigenvalue weighted by molar-refractivity contribution is -0.116. The molecule has 0 spiro atoms. The quantitative estimate of drug-likeness (QED) is 0.365. The Morgan fingerprint density at radius 2 is 2.15 bits per heavy atom. The first-order chi connectivity index (χ1) is 6.31. The zero-order valence-electron chi connectivity index (χ0n) is 8.38. The lowest BCUT2D eigenvalue weighted by atomic mass is 10.2. The average Bonchev–Trinajstić information content (AvgIpc) is 2.16. The molecule has 0 aromatic carbocycles. The summed E-state index contributed by atoms with van der Waals surface area (Å²) >= 11 is 0. The van der Waals surface area contributed by atoms with Gasteiger partial charge in [0.1, 0.15) is 0 Å². The molecule has 0 heterocycles. The summed E-state index contributed by atoms with van der Waals surface area (Å²) in [5.74, 6) is -0.0795. The van der Waals surface area contributed by atoms with E-state index in [4.69, 9.17) is 0 Å². The summed E-state index contributed by atoms with van der Waals surface area (Å²) in [5.41, 5.74) is 0. The second-order valence-electron chi connectivity index (χ2n) is 2.87. The summed E-state index contributed by atoms with van der Waals surface area (Å²) in [7, 11) is 0. The molecule has 0 saturated carbocycles. The number of carbonyl (C=O) groups excluding carboxylic acids is 1. The van der Waals surface area contributed by atoms with E-state index in [1.54, 1.807) is 0 Å². The number of hydrogen-bond donors (Lipinski definition) is 1. The van der Waals surface area contributed by atoms with Crippen LogP contribution in [0.1, 0.15) is 32.6 Å². The molecule has 0 bridgehead atoms. The summed E-state index contributed by atoms with van der Waals surface area (Å²) in [5, 5.41) is 2.74. The van der Waals surface area contributed by atoms with Gasteiger partial charge in [0.25, 0.3) is 0 Å². The van der Waals surface area contributed by atoms with Crippen molar-refractivity contribution in [2.24, 2.45) is 0 Å². The molecule has 0 saturated heterocycles. The van der Waals surface area contributed by atoms with E-state index >= 15 is 0 Å². The van der Waals surface area contributed by atoms with Gasteiger partial charge in [-0.05, 0) is 31.8 Å². The van der Waals surface area contributed by atoms with Crippen molar-refractivity contribution in [3.05, 3.63) is 24.8 Å². The van der Waals surface area contributed by atoms with E-state index in [-0.39, 0.29) is 5.91 Å². The Hall–Kier alpha value is -1.05. The lowest BCUT2D eigenvalue weighted by Gasteiger charge is -1.99. The van der Waals surface area contributed by atoms with Crippen LogP contribution in [0.4, 0.5) is 0 Å². The molecule has 0 fully saturated rings. The third-order valence-electron chi connectivity index (χ3n) is 1.68. The van der Waals surface area contributed by atoms with Crippen LogP contribution in [0.5, 0.6) is 0 Å². The van der Waals surface area contributed by atoms with E-state index in [0.29, 0.717) is 0 Å². The van der Waals surface area contributed by atoms with Crippen LogP contribution in [-0.2, 0) is 4.79 Å². The minimum absolute atomic E-state index is 0.0795. The molecule has 1 N–H and O–H groups in total. The van der Waals surface area contributed by atoms with Crippen LogP contribution in [0.15, 0.2) is 24.8 Å². The Morgan fingerprint density at radius 3 is 2.77 bits per heavy atom. The Morgan fingerprint density at radius 1 is 1.38 bits per heavy atom. The van der Waals surface area contributed by atoms with Gasteiger partial charge >= 0.3 is 0 Å². The van der Waals surface area contributed by atoms with E-state index < -0.39 is 0 Å². The highest BCUT2D eigenvalue weighted by atomic mass is 16.1. The molecule has 2 heteroatoms. The van der Waals surface area contributed by atoms with Crippen LogP contribution in [0.2, 0.25) is 0 Å². The standard InChI is InChI=1S/C11H19NO/c1-3-5-6-7-8-9-10-12-11(13)4-2/h4-6H,2-3,7-10H2,1H3,(H,12,13)/b6-5-. The van der Waals surface area contributed by atoms with Gasteiger partial charge in [-0.1, -0.05) is 25.7 Å². The van der Waals surface area contributed by atoms with Crippen LogP contribution in [0, 0.1) is 0 Å². The van der Waals surface area contributed by atoms with Gasteiger partial charge in [-0.3, -0.25) is 4.79 Å². The lowest BCUT2D eigenvalue weighted by Crippen LogP contribution is -2.21. The molecule has 2 nitrogen and oxygen atoms in total. The Kier molecular flexibility index (Phi) is 8.31. The monoisotopic (exact) mass is 181 g/mol. The Balaban J connectivity index is 3.12. The molecule has 0 radical (unpaired) electrons. The van der Waals surface area contributed by atoms with Crippen molar-refractivity contribution in [2.75, 3.05) is 6.54 Å². The molecule has 0 aromatic rings. The molecule has 0 aromatic heterocycles. The number of amides is 1. The maximum atomic E-state index is 10.7. The van der Waals surface area contributed by atoms with Crippen molar-refractivity contribution in [3.8, 4) is 0 Å². The van der Waals surface area contributed by atoms with E-state index in [1.807, 2.05) is 0 Å². The maximum Gasteiger partial charge on any atom is 0.243 e. The number of allylic oxidation sites excluding steroid dienone is 2. The SMILES string of the molecule is C=CC(=O)NCCCC/C=C\CC. The fraction of sp³-hybridized carbons (Fsp3) is 0.545. The highest BCUT2D eigenvalue weighted by Gasteiger charge is 1.91. The second kappa shape index (κ2) is 9.04.